The number of carbonyl (C=O) groups is 2. The smallest absolute Gasteiger partial charge is 0.326 e. The van der Waals surface area contributed by atoms with Gasteiger partial charge in [0.25, 0.3) is 5.91 Å². The van der Waals surface area contributed by atoms with Gasteiger partial charge < -0.3 is 15.4 Å². The summed E-state index contributed by atoms with van der Waals surface area (Å²) in [6, 6.07) is 6.25. The van der Waals surface area contributed by atoms with Crippen LogP contribution in [0.1, 0.15) is 24.2 Å². The minimum Gasteiger partial charge on any atom is -0.480 e. The molecule has 2 rings (SSSR count). The summed E-state index contributed by atoms with van der Waals surface area (Å²) in [6.07, 6.45) is 1.79. The fourth-order valence-corrected chi connectivity index (χ4v) is 1.93. The highest BCUT2D eigenvalue weighted by molar-refractivity contribution is 5.99. The molecule has 1 unspecified atom stereocenters. The summed E-state index contributed by atoms with van der Waals surface area (Å²) >= 11 is 0. The third-order valence-electron chi connectivity index (χ3n) is 3.04. The molecule has 100 valence electrons. The van der Waals surface area contributed by atoms with Gasteiger partial charge in [0.1, 0.15) is 6.04 Å². The van der Waals surface area contributed by atoms with Crippen LogP contribution in [-0.2, 0) is 4.79 Å². The molecule has 0 radical (unpaired) electrons. The summed E-state index contributed by atoms with van der Waals surface area (Å²) in [5, 5.41) is 12.6. The summed E-state index contributed by atoms with van der Waals surface area (Å²) < 4.78 is 0. The zero-order valence-corrected chi connectivity index (χ0v) is 10.8. The van der Waals surface area contributed by atoms with E-state index >= 15 is 0 Å². The van der Waals surface area contributed by atoms with Crippen LogP contribution in [0.5, 0.6) is 0 Å². The number of rotatable bonds is 4. The number of carboxylic acids is 1. The largest absolute Gasteiger partial charge is 0.480 e. The first-order valence-electron chi connectivity index (χ1n) is 6.10. The Morgan fingerprint density at radius 2 is 2.00 bits per heavy atom. The molecule has 5 nitrogen and oxygen atoms in total. The van der Waals surface area contributed by atoms with Crippen LogP contribution in [0.4, 0.5) is 0 Å². The van der Waals surface area contributed by atoms with E-state index in [2.05, 4.69) is 10.3 Å². The molecule has 0 aliphatic heterocycles. The predicted octanol–water partition coefficient (Wildman–Crippen LogP) is 2.01. The van der Waals surface area contributed by atoms with Gasteiger partial charge in [0.2, 0.25) is 0 Å². The van der Waals surface area contributed by atoms with Crippen molar-refractivity contribution in [3.63, 3.8) is 0 Å². The highest BCUT2D eigenvalue weighted by Crippen LogP contribution is 2.14. The molecule has 1 amide bonds. The molecule has 0 fully saturated rings. The van der Waals surface area contributed by atoms with E-state index in [0.29, 0.717) is 5.56 Å². The summed E-state index contributed by atoms with van der Waals surface area (Å²) in [4.78, 5) is 26.1. The van der Waals surface area contributed by atoms with E-state index in [1.807, 2.05) is 12.1 Å². The maximum absolute atomic E-state index is 12.0. The number of carboxylic acid groups (broad SMARTS) is 1. The molecule has 1 aromatic carbocycles. The van der Waals surface area contributed by atoms with Gasteiger partial charge in [-0.05, 0) is 29.5 Å². The van der Waals surface area contributed by atoms with Gasteiger partial charge in [-0.2, -0.15) is 0 Å². The normalized spacial score (nSPS) is 12.6. The van der Waals surface area contributed by atoms with Gasteiger partial charge in [-0.1, -0.05) is 19.9 Å². The number of amides is 1. The van der Waals surface area contributed by atoms with Gasteiger partial charge in [-0.3, -0.25) is 4.79 Å². The van der Waals surface area contributed by atoms with Crippen molar-refractivity contribution >= 4 is 22.8 Å². The number of aromatic nitrogens is 1. The molecule has 0 aliphatic rings. The number of aromatic amines is 1. The zero-order chi connectivity index (χ0) is 14.0. The Balaban J connectivity index is 2.21. The first kappa shape index (κ1) is 13.1. The molecule has 19 heavy (non-hydrogen) atoms. The lowest BCUT2D eigenvalue weighted by Crippen LogP contribution is -2.44. The Morgan fingerprint density at radius 1 is 1.26 bits per heavy atom. The van der Waals surface area contributed by atoms with E-state index in [-0.39, 0.29) is 11.8 Å². The van der Waals surface area contributed by atoms with Crippen molar-refractivity contribution < 1.29 is 14.7 Å². The second-order valence-electron chi connectivity index (χ2n) is 4.81. The number of carbonyl (C=O) groups excluding carboxylic acids is 1. The Kier molecular flexibility index (Phi) is 3.55. The van der Waals surface area contributed by atoms with Crippen LogP contribution in [-0.4, -0.2) is 28.0 Å². The van der Waals surface area contributed by atoms with E-state index in [1.54, 1.807) is 32.2 Å². The van der Waals surface area contributed by atoms with Crippen LogP contribution >= 0.6 is 0 Å². The lowest BCUT2D eigenvalue weighted by atomic mass is 10.0. The predicted molar refractivity (Wildman–Crippen MR) is 72.0 cm³/mol. The van der Waals surface area contributed by atoms with Crippen molar-refractivity contribution in [1.82, 2.24) is 10.3 Å². The first-order valence-corrected chi connectivity index (χ1v) is 6.10. The molecule has 2 aromatic rings. The topological polar surface area (TPSA) is 82.2 Å². The average molecular weight is 260 g/mol. The van der Waals surface area contributed by atoms with Crippen LogP contribution in [0.25, 0.3) is 10.9 Å². The summed E-state index contributed by atoms with van der Waals surface area (Å²) in [7, 11) is 0. The minimum absolute atomic E-state index is 0.171. The molecular weight excluding hydrogens is 244 g/mol. The molecule has 0 saturated carbocycles. The number of aliphatic carboxylic acids is 1. The lowest BCUT2D eigenvalue weighted by Gasteiger charge is -2.17. The standard InChI is InChI=1S/C14H16N2O3/c1-8(2)12(14(18)19)16-13(17)10-4-3-9-5-6-15-11(9)7-10/h3-8,12,15H,1-2H3,(H,16,17)(H,18,19). The number of nitrogens with one attached hydrogen (secondary N) is 2. The van der Waals surface area contributed by atoms with E-state index in [0.717, 1.165) is 10.9 Å². The maximum Gasteiger partial charge on any atom is 0.326 e. The molecule has 3 N–H and O–H groups in total. The zero-order valence-electron chi connectivity index (χ0n) is 10.8. The van der Waals surface area contributed by atoms with E-state index in [4.69, 9.17) is 5.11 Å². The van der Waals surface area contributed by atoms with E-state index in [9.17, 15) is 9.59 Å². The summed E-state index contributed by atoms with van der Waals surface area (Å²) in [6.45, 7) is 3.51. The molecule has 1 atom stereocenters. The third kappa shape index (κ3) is 2.76. The van der Waals surface area contributed by atoms with Crippen LogP contribution in [0.15, 0.2) is 30.5 Å². The third-order valence-corrected chi connectivity index (χ3v) is 3.04. The Hall–Kier alpha value is -2.30. The van der Waals surface area contributed by atoms with E-state index < -0.39 is 12.0 Å². The van der Waals surface area contributed by atoms with Crippen molar-refractivity contribution in [3.05, 3.63) is 36.0 Å². The fourth-order valence-electron chi connectivity index (χ4n) is 1.93. The molecule has 0 spiro atoms. The fraction of sp³-hybridized carbons (Fsp3) is 0.286. The molecule has 0 bridgehead atoms. The van der Waals surface area contributed by atoms with Crippen LogP contribution in [0.2, 0.25) is 0 Å². The summed E-state index contributed by atoms with van der Waals surface area (Å²) in [5.41, 5.74) is 1.30. The molecule has 0 aliphatic carbocycles. The quantitative estimate of drug-likeness (QED) is 0.786. The van der Waals surface area contributed by atoms with Crippen LogP contribution < -0.4 is 5.32 Å². The molecule has 1 aromatic heterocycles. The number of H-pyrrole nitrogens is 1. The van der Waals surface area contributed by atoms with Gasteiger partial charge in [-0.15, -0.1) is 0 Å². The molecule has 0 saturated heterocycles. The second kappa shape index (κ2) is 5.14. The van der Waals surface area contributed by atoms with Crippen LogP contribution in [0, 0.1) is 5.92 Å². The van der Waals surface area contributed by atoms with E-state index in [1.165, 1.54) is 0 Å². The number of hydrogen-bond donors (Lipinski definition) is 3. The van der Waals surface area contributed by atoms with Gasteiger partial charge in [-0.25, -0.2) is 4.79 Å². The highest BCUT2D eigenvalue weighted by atomic mass is 16.4. The Bertz CT molecular complexity index is 616. The number of fused-ring (bicyclic) bond motifs is 1. The number of benzene rings is 1. The van der Waals surface area contributed by atoms with Crippen LogP contribution in [0.3, 0.4) is 0 Å². The number of hydrogen-bond acceptors (Lipinski definition) is 2. The average Bonchev–Trinajstić information content (AvgIpc) is 2.81. The van der Waals surface area contributed by atoms with Gasteiger partial charge in [0, 0.05) is 17.3 Å². The lowest BCUT2D eigenvalue weighted by molar-refractivity contribution is -0.140. The molecular formula is C14H16N2O3. The maximum atomic E-state index is 12.0. The Morgan fingerprint density at radius 3 is 2.63 bits per heavy atom. The highest BCUT2D eigenvalue weighted by Gasteiger charge is 2.23. The minimum atomic E-state index is -1.02. The molecule has 1 heterocycles. The molecule has 5 heteroatoms. The van der Waals surface area contributed by atoms with Crippen molar-refractivity contribution in [2.75, 3.05) is 0 Å². The van der Waals surface area contributed by atoms with Crippen molar-refractivity contribution in [2.45, 2.75) is 19.9 Å². The van der Waals surface area contributed by atoms with Gasteiger partial charge >= 0.3 is 5.97 Å². The summed E-state index contributed by atoms with van der Waals surface area (Å²) in [5.74, 6) is -1.57. The van der Waals surface area contributed by atoms with Gasteiger partial charge in [0.15, 0.2) is 0 Å². The van der Waals surface area contributed by atoms with Crippen molar-refractivity contribution in [3.8, 4) is 0 Å². The van der Waals surface area contributed by atoms with Crippen molar-refractivity contribution in [2.24, 2.45) is 5.92 Å². The second-order valence-corrected chi connectivity index (χ2v) is 4.81. The van der Waals surface area contributed by atoms with Gasteiger partial charge in [0.05, 0.1) is 0 Å². The van der Waals surface area contributed by atoms with Crippen molar-refractivity contribution in [1.29, 1.82) is 0 Å². The monoisotopic (exact) mass is 260 g/mol. The first-order chi connectivity index (χ1) is 8.99. The SMILES string of the molecule is CC(C)C(NC(=O)c1ccc2cc[nH]c2c1)C(=O)O. The Labute approximate surface area is 110 Å².